The van der Waals surface area contributed by atoms with Crippen LogP contribution in [-0.2, 0) is 36.9 Å². The highest BCUT2D eigenvalue weighted by molar-refractivity contribution is 6.02. The first kappa shape index (κ1) is 23.8. The molecule has 1 fully saturated rings. The molecule has 1 unspecified atom stereocenters. The first-order valence-corrected chi connectivity index (χ1v) is 12.0. The van der Waals surface area contributed by atoms with Gasteiger partial charge in [0.2, 0.25) is 5.91 Å². The SMILES string of the molecule is COc1ccc(COC(=O)C2=C(C3C=CCO3)CC[C@@H]3[C@H](NC(=O)Cc4ccccc4)C(=O)N23)cc1. The van der Waals surface area contributed by atoms with E-state index in [1.165, 1.54) is 4.90 Å². The van der Waals surface area contributed by atoms with Crippen molar-refractivity contribution in [1.29, 1.82) is 0 Å². The molecule has 2 amide bonds. The molecule has 0 radical (unpaired) electrons. The zero-order chi connectivity index (χ0) is 25.1. The Morgan fingerprint density at radius 3 is 2.56 bits per heavy atom. The molecule has 8 heteroatoms. The van der Waals surface area contributed by atoms with Gasteiger partial charge in [-0.3, -0.25) is 14.5 Å². The molecule has 36 heavy (non-hydrogen) atoms. The van der Waals surface area contributed by atoms with Gasteiger partial charge in [0.1, 0.15) is 24.1 Å². The fourth-order valence-corrected chi connectivity index (χ4v) is 4.91. The van der Waals surface area contributed by atoms with Crippen molar-refractivity contribution in [2.75, 3.05) is 13.7 Å². The summed E-state index contributed by atoms with van der Waals surface area (Å²) in [7, 11) is 1.59. The van der Waals surface area contributed by atoms with Gasteiger partial charge in [-0.1, -0.05) is 54.6 Å². The Morgan fingerprint density at radius 2 is 1.86 bits per heavy atom. The van der Waals surface area contributed by atoms with Crippen molar-refractivity contribution in [2.24, 2.45) is 0 Å². The summed E-state index contributed by atoms with van der Waals surface area (Å²) in [6.45, 7) is 0.517. The third-order valence-electron chi connectivity index (χ3n) is 6.75. The summed E-state index contributed by atoms with van der Waals surface area (Å²) in [5.74, 6) is -0.393. The van der Waals surface area contributed by atoms with E-state index in [2.05, 4.69) is 5.32 Å². The van der Waals surface area contributed by atoms with E-state index in [1.807, 2.05) is 54.6 Å². The summed E-state index contributed by atoms with van der Waals surface area (Å²) >= 11 is 0. The predicted molar refractivity (Wildman–Crippen MR) is 131 cm³/mol. The van der Waals surface area contributed by atoms with Crippen molar-refractivity contribution in [1.82, 2.24) is 10.2 Å². The van der Waals surface area contributed by atoms with Gasteiger partial charge in [-0.2, -0.15) is 0 Å². The van der Waals surface area contributed by atoms with Crippen molar-refractivity contribution in [2.45, 2.75) is 44.1 Å². The molecular weight excluding hydrogens is 460 g/mol. The van der Waals surface area contributed by atoms with Gasteiger partial charge in [-0.05, 0) is 41.7 Å². The molecule has 186 valence electrons. The van der Waals surface area contributed by atoms with Crippen LogP contribution in [0.1, 0.15) is 24.0 Å². The summed E-state index contributed by atoms with van der Waals surface area (Å²) < 4.78 is 16.6. The minimum Gasteiger partial charge on any atom is -0.497 e. The maximum absolute atomic E-state index is 13.3. The lowest BCUT2D eigenvalue weighted by molar-refractivity contribution is -0.158. The van der Waals surface area contributed by atoms with Gasteiger partial charge in [0, 0.05) is 0 Å². The normalized spacial score (nSPS) is 22.6. The Labute approximate surface area is 209 Å². The van der Waals surface area contributed by atoms with E-state index in [-0.39, 0.29) is 42.7 Å². The number of benzene rings is 2. The van der Waals surface area contributed by atoms with E-state index in [0.717, 1.165) is 16.7 Å². The molecule has 0 aliphatic carbocycles. The second kappa shape index (κ2) is 10.4. The van der Waals surface area contributed by atoms with Crippen LogP contribution in [0.15, 0.2) is 78.0 Å². The van der Waals surface area contributed by atoms with Crippen molar-refractivity contribution in [3.05, 3.63) is 89.1 Å². The molecule has 0 saturated carbocycles. The fraction of sp³-hybridized carbons (Fsp3) is 0.321. The Morgan fingerprint density at radius 1 is 1.08 bits per heavy atom. The van der Waals surface area contributed by atoms with E-state index >= 15 is 0 Å². The summed E-state index contributed by atoms with van der Waals surface area (Å²) in [6.07, 6.45) is 4.82. The average Bonchev–Trinajstić information content (AvgIpc) is 3.45. The Balaban J connectivity index is 1.30. The third-order valence-corrected chi connectivity index (χ3v) is 6.75. The number of nitrogens with zero attached hydrogens (tertiary/aromatic N) is 1. The van der Waals surface area contributed by atoms with Crippen LogP contribution in [-0.4, -0.2) is 54.6 Å². The highest BCUT2D eigenvalue weighted by Gasteiger charge is 2.54. The van der Waals surface area contributed by atoms with E-state index in [9.17, 15) is 14.4 Å². The molecule has 0 spiro atoms. The number of carbonyl (C=O) groups excluding carboxylic acids is 3. The second-order valence-electron chi connectivity index (χ2n) is 9.00. The summed E-state index contributed by atoms with van der Waals surface area (Å²) in [5, 5.41) is 2.86. The Bertz CT molecular complexity index is 1200. The second-order valence-corrected chi connectivity index (χ2v) is 9.00. The van der Waals surface area contributed by atoms with Crippen LogP contribution >= 0.6 is 0 Å². The van der Waals surface area contributed by atoms with Gasteiger partial charge in [-0.15, -0.1) is 0 Å². The fourth-order valence-electron chi connectivity index (χ4n) is 4.91. The first-order chi connectivity index (χ1) is 17.5. The number of amides is 2. The number of fused-ring (bicyclic) bond motifs is 1. The molecule has 1 N–H and O–H groups in total. The lowest BCUT2D eigenvalue weighted by atomic mass is 9.82. The predicted octanol–water partition coefficient (Wildman–Crippen LogP) is 2.68. The minimum absolute atomic E-state index is 0.0604. The smallest absolute Gasteiger partial charge is 0.355 e. The molecular formula is C28H28N2O6. The molecule has 1 saturated heterocycles. The number of hydrogen-bond donors (Lipinski definition) is 1. The molecule has 0 bridgehead atoms. The van der Waals surface area contributed by atoms with E-state index < -0.39 is 12.0 Å². The topological polar surface area (TPSA) is 94.2 Å². The number of rotatable bonds is 8. The highest BCUT2D eigenvalue weighted by atomic mass is 16.5. The lowest BCUT2D eigenvalue weighted by Gasteiger charge is -2.50. The number of hydrogen-bond acceptors (Lipinski definition) is 6. The van der Waals surface area contributed by atoms with Crippen LogP contribution in [0.25, 0.3) is 0 Å². The lowest BCUT2D eigenvalue weighted by Crippen LogP contribution is -2.72. The summed E-state index contributed by atoms with van der Waals surface area (Å²) in [6, 6.07) is 15.6. The monoisotopic (exact) mass is 488 g/mol. The molecule has 2 aromatic rings. The van der Waals surface area contributed by atoms with Crippen molar-refractivity contribution in [3.63, 3.8) is 0 Å². The zero-order valence-electron chi connectivity index (χ0n) is 20.0. The van der Waals surface area contributed by atoms with Crippen LogP contribution < -0.4 is 10.1 Å². The van der Waals surface area contributed by atoms with Crippen molar-refractivity contribution >= 4 is 17.8 Å². The number of β-lactam (4-membered cyclic amide) rings is 1. The minimum atomic E-state index is -0.660. The Hall–Kier alpha value is -3.91. The first-order valence-electron chi connectivity index (χ1n) is 12.0. The van der Waals surface area contributed by atoms with Crippen LogP contribution in [0.3, 0.4) is 0 Å². The third kappa shape index (κ3) is 4.77. The number of carbonyl (C=O) groups is 3. The number of ether oxygens (including phenoxy) is 3. The molecule has 8 nitrogen and oxygen atoms in total. The van der Waals surface area contributed by atoms with E-state index in [0.29, 0.717) is 25.2 Å². The molecule has 3 aliphatic heterocycles. The molecule has 2 aromatic carbocycles. The molecule has 3 atom stereocenters. The summed E-state index contributed by atoms with van der Waals surface area (Å²) in [4.78, 5) is 40.6. The highest BCUT2D eigenvalue weighted by Crippen LogP contribution is 2.39. The number of esters is 1. The molecule has 3 aliphatic rings. The Kier molecular flexibility index (Phi) is 6.86. The van der Waals surface area contributed by atoms with Crippen molar-refractivity contribution in [3.8, 4) is 5.75 Å². The number of methoxy groups -OCH3 is 1. The van der Waals surface area contributed by atoms with Crippen molar-refractivity contribution < 1.29 is 28.6 Å². The summed E-state index contributed by atoms with van der Waals surface area (Å²) in [5.41, 5.74) is 2.64. The molecule has 5 rings (SSSR count). The quantitative estimate of drug-likeness (QED) is 0.349. The van der Waals surface area contributed by atoms with Crippen LogP contribution in [0.5, 0.6) is 5.75 Å². The molecule has 0 aromatic heterocycles. The van der Waals surface area contributed by atoms with E-state index in [4.69, 9.17) is 14.2 Å². The average molecular weight is 489 g/mol. The zero-order valence-corrected chi connectivity index (χ0v) is 20.0. The van der Waals surface area contributed by atoms with Gasteiger partial charge in [0.15, 0.2) is 0 Å². The van der Waals surface area contributed by atoms with Gasteiger partial charge in [0.05, 0.1) is 32.3 Å². The van der Waals surface area contributed by atoms with Crippen LogP contribution in [0, 0.1) is 0 Å². The van der Waals surface area contributed by atoms with Crippen LogP contribution in [0.4, 0.5) is 0 Å². The van der Waals surface area contributed by atoms with E-state index in [1.54, 1.807) is 19.2 Å². The van der Waals surface area contributed by atoms with Gasteiger partial charge in [0.25, 0.3) is 5.91 Å². The van der Waals surface area contributed by atoms with Gasteiger partial charge < -0.3 is 19.5 Å². The van der Waals surface area contributed by atoms with Gasteiger partial charge in [-0.25, -0.2) is 4.79 Å². The standard InChI is InChI=1S/C28H28N2O6/c1-34-20-11-9-19(10-12-20)17-36-28(33)26-21(23-8-5-15-35-23)13-14-22-25(27(32)30(22)26)29-24(31)16-18-6-3-2-4-7-18/h2-12,22-23,25H,13-17H2,1H3,(H,29,31)/t22-,23?,25+/m1/s1. The maximum Gasteiger partial charge on any atom is 0.355 e. The van der Waals surface area contributed by atoms with Crippen LogP contribution in [0.2, 0.25) is 0 Å². The molecule has 3 heterocycles. The largest absolute Gasteiger partial charge is 0.497 e. The maximum atomic E-state index is 13.3. The number of nitrogens with one attached hydrogen (secondary N) is 1. The van der Waals surface area contributed by atoms with Gasteiger partial charge >= 0.3 is 5.97 Å².